The highest BCUT2D eigenvalue weighted by atomic mass is 32.2. The van der Waals surface area contributed by atoms with Crippen molar-refractivity contribution in [2.45, 2.75) is 54.6 Å². The Morgan fingerprint density at radius 3 is 2.78 bits per heavy atom. The van der Waals surface area contributed by atoms with Crippen LogP contribution in [-0.4, -0.2) is 52.0 Å². The topological polar surface area (TPSA) is 112 Å². The second kappa shape index (κ2) is 10.2. The predicted molar refractivity (Wildman–Crippen MR) is 129 cm³/mol. The first-order chi connectivity index (χ1) is 17.4. The molecular weight excluding hydrogens is 495 g/mol. The van der Waals surface area contributed by atoms with Crippen LogP contribution in [0.4, 0.5) is 18.9 Å². The van der Waals surface area contributed by atoms with Crippen molar-refractivity contribution in [3.05, 3.63) is 47.7 Å². The molecule has 1 saturated carbocycles. The molecule has 1 aromatic carbocycles. The fourth-order valence-electron chi connectivity index (χ4n) is 4.78. The van der Waals surface area contributed by atoms with Gasteiger partial charge in [0, 0.05) is 11.3 Å². The van der Waals surface area contributed by atoms with E-state index < -0.39 is 35.0 Å². The van der Waals surface area contributed by atoms with Gasteiger partial charge >= 0.3 is 0 Å². The lowest BCUT2D eigenvalue weighted by Gasteiger charge is -2.29. The van der Waals surface area contributed by atoms with Gasteiger partial charge in [-0.05, 0) is 37.0 Å². The first-order valence-corrected chi connectivity index (χ1v) is 12.8. The number of aromatic nitrogens is 2. The van der Waals surface area contributed by atoms with E-state index in [4.69, 9.17) is 15.2 Å². The number of benzene rings is 1. The summed E-state index contributed by atoms with van der Waals surface area (Å²) in [5.41, 5.74) is 3.18. The SMILES string of the molecule is NC1=NC(c2cc(NC(=O)c3cnc(OCC4CCCCC4)cn3)ccc2F)(C(F)F)C2S[C@H]2CO1. The molecule has 5 rings (SSSR count). The molecule has 2 fully saturated rings. The van der Waals surface area contributed by atoms with E-state index in [2.05, 4.69) is 20.3 Å². The Kier molecular flexibility index (Phi) is 6.96. The van der Waals surface area contributed by atoms with Crippen LogP contribution in [0.3, 0.4) is 0 Å². The zero-order chi connectivity index (χ0) is 25.3. The Labute approximate surface area is 210 Å². The van der Waals surface area contributed by atoms with Crippen molar-refractivity contribution in [3.8, 4) is 5.88 Å². The number of hydrogen-bond donors (Lipinski definition) is 2. The normalized spacial score (nSPS) is 25.8. The maximum Gasteiger partial charge on any atom is 0.283 e. The zero-order valence-corrected chi connectivity index (χ0v) is 20.1. The summed E-state index contributed by atoms with van der Waals surface area (Å²) in [4.78, 5) is 24.9. The molecule has 1 aromatic heterocycles. The highest BCUT2D eigenvalue weighted by Gasteiger charge is 2.63. The van der Waals surface area contributed by atoms with Crippen LogP contribution in [0.5, 0.6) is 5.88 Å². The van der Waals surface area contributed by atoms with Crippen molar-refractivity contribution in [1.82, 2.24) is 9.97 Å². The first-order valence-electron chi connectivity index (χ1n) is 11.8. The van der Waals surface area contributed by atoms with Crippen molar-refractivity contribution in [1.29, 1.82) is 0 Å². The van der Waals surface area contributed by atoms with Gasteiger partial charge in [-0.1, -0.05) is 19.3 Å². The van der Waals surface area contributed by atoms with Gasteiger partial charge in [-0.2, -0.15) is 0 Å². The summed E-state index contributed by atoms with van der Waals surface area (Å²) < 4.78 is 54.7. The molecule has 192 valence electrons. The number of hydrogen-bond acceptors (Lipinski definition) is 8. The maximum absolute atomic E-state index is 14.9. The summed E-state index contributed by atoms with van der Waals surface area (Å²) in [6, 6.07) is 3.04. The minimum absolute atomic E-state index is 0.00240. The van der Waals surface area contributed by atoms with E-state index in [-0.39, 0.29) is 28.8 Å². The van der Waals surface area contributed by atoms with Gasteiger partial charge in [-0.25, -0.2) is 28.1 Å². The van der Waals surface area contributed by atoms with E-state index in [0.29, 0.717) is 18.4 Å². The molecule has 12 heteroatoms. The Morgan fingerprint density at radius 1 is 1.25 bits per heavy atom. The lowest BCUT2D eigenvalue weighted by molar-refractivity contribution is 0.0549. The Hall–Kier alpha value is -3.02. The van der Waals surface area contributed by atoms with Crippen molar-refractivity contribution < 1.29 is 27.4 Å². The van der Waals surface area contributed by atoms with E-state index in [1.807, 2.05) is 0 Å². The molecule has 1 saturated heterocycles. The van der Waals surface area contributed by atoms with Crippen LogP contribution in [-0.2, 0) is 10.3 Å². The number of fused-ring (bicyclic) bond motifs is 1. The highest BCUT2D eigenvalue weighted by molar-refractivity contribution is 8.07. The lowest BCUT2D eigenvalue weighted by atomic mass is 9.85. The standard InChI is InChI=1S/C24H26F3N5O3S/c25-16-7-6-14(8-15(16)24(22(26)27)20-18(36-20)12-35-23(28)32-24)31-21(33)17-9-30-19(10-29-17)34-11-13-4-2-1-3-5-13/h6-10,13,18,20,22H,1-5,11-12H2,(H2,28,32)(H,31,33)/t18-,20?,24?/m0/s1. The van der Waals surface area contributed by atoms with Crippen LogP contribution in [0.1, 0.15) is 48.2 Å². The minimum atomic E-state index is -3.05. The number of anilines is 1. The third kappa shape index (κ3) is 4.95. The molecule has 3 atom stereocenters. The van der Waals surface area contributed by atoms with Crippen LogP contribution < -0.4 is 15.8 Å². The number of nitrogens with one attached hydrogen (secondary N) is 1. The van der Waals surface area contributed by atoms with E-state index in [1.165, 1.54) is 49.5 Å². The number of nitrogens with two attached hydrogens (primary N) is 1. The maximum atomic E-state index is 14.9. The smallest absolute Gasteiger partial charge is 0.283 e. The summed E-state index contributed by atoms with van der Waals surface area (Å²) in [7, 11) is 0. The molecule has 3 heterocycles. The summed E-state index contributed by atoms with van der Waals surface area (Å²) in [5, 5.41) is 1.58. The van der Waals surface area contributed by atoms with Crippen molar-refractivity contribution >= 4 is 29.4 Å². The third-order valence-electron chi connectivity index (χ3n) is 6.75. The van der Waals surface area contributed by atoms with Gasteiger partial charge in [0.05, 0.1) is 29.5 Å². The monoisotopic (exact) mass is 521 g/mol. The molecule has 0 bridgehead atoms. The van der Waals surface area contributed by atoms with Gasteiger partial charge in [0.2, 0.25) is 5.88 Å². The van der Waals surface area contributed by atoms with Crippen LogP contribution in [0.2, 0.25) is 0 Å². The number of alkyl halides is 2. The average Bonchev–Trinajstić information content (AvgIpc) is 3.68. The molecule has 8 nitrogen and oxygen atoms in total. The molecule has 0 spiro atoms. The number of carbonyl (C=O) groups excluding carboxylic acids is 1. The summed E-state index contributed by atoms with van der Waals surface area (Å²) in [6.45, 7) is 0.679. The average molecular weight is 522 g/mol. The fraction of sp³-hybridized carbons (Fsp3) is 0.500. The molecule has 2 aliphatic heterocycles. The van der Waals surface area contributed by atoms with E-state index in [9.17, 15) is 18.0 Å². The highest BCUT2D eigenvalue weighted by Crippen LogP contribution is 2.58. The number of halogens is 3. The summed E-state index contributed by atoms with van der Waals surface area (Å²) in [5.74, 6) is -0.688. The van der Waals surface area contributed by atoms with Crippen molar-refractivity contribution in [2.75, 3.05) is 18.5 Å². The van der Waals surface area contributed by atoms with Crippen LogP contribution >= 0.6 is 11.8 Å². The fourth-order valence-corrected chi connectivity index (χ4v) is 5.99. The molecule has 2 unspecified atom stereocenters. The number of amidine groups is 1. The van der Waals surface area contributed by atoms with E-state index in [0.717, 1.165) is 25.0 Å². The van der Waals surface area contributed by atoms with Gasteiger partial charge in [0.15, 0.2) is 5.54 Å². The second-order valence-electron chi connectivity index (χ2n) is 9.19. The first kappa shape index (κ1) is 24.7. The quantitative estimate of drug-likeness (QED) is 0.528. The van der Waals surface area contributed by atoms with Crippen LogP contribution in [0.25, 0.3) is 0 Å². The molecule has 3 N–H and O–H groups in total. The molecule has 2 aromatic rings. The van der Waals surface area contributed by atoms with Gasteiger partial charge in [-0.3, -0.25) is 4.79 Å². The molecule has 0 radical (unpaired) electrons. The second-order valence-corrected chi connectivity index (χ2v) is 10.6. The molecule has 1 aliphatic carbocycles. The molecule has 36 heavy (non-hydrogen) atoms. The van der Waals surface area contributed by atoms with Crippen molar-refractivity contribution in [3.63, 3.8) is 0 Å². The van der Waals surface area contributed by atoms with Gasteiger partial charge in [0.25, 0.3) is 18.4 Å². The predicted octanol–water partition coefficient (Wildman–Crippen LogP) is 4.12. The molecule has 1 amide bonds. The summed E-state index contributed by atoms with van der Waals surface area (Å²) >= 11 is 1.23. The number of amides is 1. The number of carbonyl (C=O) groups is 1. The van der Waals surface area contributed by atoms with Crippen LogP contribution in [0, 0.1) is 11.7 Å². The van der Waals surface area contributed by atoms with Gasteiger partial charge in [0.1, 0.15) is 18.1 Å². The Morgan fingerprint density at radius 2 is 2.06 bits per heavy atom. The number of thioether (sulfide) groups is 1. The zero-order valence-electron chi connectivity index (χ0n) is 19.3. The Balaban J connectivity index is 1.31. The molecular formula is C24H26F3N5O3S. The van der Waals surface area contributed by atoms with E-state index >= 15 is 0 Å². The van der Waals surface area contributed by atoms with E-state index in [1.54, 1.807) is 0 Å². The number of rotatable bonds is 7. The number of ether oxygens (including phenoxy) is 2. The van der Waals surface area contributed by atoms with Gasteiger partial charge < -0.3 is 20.5 Å². The lowest BCUT2D eigenvalue weighted by Crippen LogP contribution is -2.41. The van der Waals surface area contributed by atoms with Crippen LogP contribution in [0.15, 0.2) is 35.6 Å². The summed E-state index contributed by atoms with van der Waals surface area (Å²) in [6.07, 6.45) is 5.52. The largest absolute Gasteiger partial charge is 0.476 e. The van der Waals surface area contributed by atoms with Crippen molar-refractivity contribution in [2.24, 2.45) is 16.6 Å². The number of nitrogens with zero attached hydrogens (tertiary/aromatic N) is 3. The minimum Gasteiger partial charge on any atom is -0.476 e. The molecule has 3 aliphatic rings. The Bertz CT molecular complexity index is 1150. The van der Waals surface area contributed by atoms with Gasteiger partial charge in [-0.15, -0.1) is 11.8 Å². The third-order valence-corrected chi connectivity index (χ3v) is 8.17. The number of aliphatic imine (C=N–C) groups is 1.